The minimum absolute atomic E-state index is 0.296. The summed E-state index contributed by atoms with van der Waals surface area (Å²) >= 11 is 20.5. The molecule has 4 aromatic carbocycles. The lowest BCUT2D eigenvalue weighted by atomic mass is 9.83. The van der Waals surface area contributed by atoms with Gasteiger partial charge < -0.3 is 9.80 Å². The van der Waals surface area contributed by atoms with Crippen LogP contribution in [0.25, 0.3) is 0 Å². The molecule has 7 rings (SSSR count). The first-order valence-corrected chi connectivity index (χ1v) is 26.8. The molecule has 0 spiro atoms. The topological polar surface area (TPSA) is 118 Å². The standard InChI is InChI=1S/C49H51Br2Cl2N3O6S2/c1-48(2)41-31-37(52)17-23-43(41)54(27-5-7-29-63(57,58)59)45(48)25-11-33-9-10-34(47(33)56(39-19-13-35(50)14-20-39)40-21-15-36(51)16-22-40)12-26-46-49(3,4)42-32-38(53)18-24-44(42)55(46)28-6-8-30-64(60,61)62/h11-26,31-32H,5-10,27-30H2,1-4H3,(H-,57,58,59,60,61,62)/p+1. The summed E-state index contributed by atoms with van der Waals surface area (Å²) in [5.74, 6) is -0.593. The van der Waals surface area contributed by atoms with Gasteiger partial charge in [-0.25, -0.2) is 0 Å². The summed E-state index contributed by atoms with van der Waals surface area (Å²) in [5, 5.41) is 1.28. The molecule has 2 N–H and O–H groups in total. The number of fused-ring (bicyclic) bond motifs is 2. The molecule has 0 amide bonds. The quantitative estimate of drug-likeness (QED) is 0.0728. The van der Waals surface area contributed by atoms with Gasteiger partial charge in [0.2, 0.25) is 17.1 Å². The molecule has 2 heterocycles. The van der Waals surface area contributed by atoms with Crippen LogP contribution in [0.4, 0.5) is 22.7 Å². The van der Waals surface area contributed by atoms with Gasteiger partial charge in [0.1, 0.15) is 0 Å². The molecule has 2 aliphatic heterocycles. The molecule has 0 unspecified atom stereocenters. The van der Waals surface area contributed by atoms with Crippen LogP contribution in [0.1, 0.15) is 77.3 Å². The molecule has 0 radical (unpaired) electrons. The third-order valence-corrected chi connectivity index (χ3v) is 15.5. The van der Waals surface area contributed by atoms with Crippen molar-refractivity contribution >= 4 is 104 Å². The lowest BCUT2D eigenvalue weighted by molar-refractivity contribution is 0.478. The maximum Gasteiger partial charge on any atom is 0.264 e. The number of nitrogens with zero attached hydrogens (tertiary/aromatic N) is 3. The summed E-state index contributed by atoms with van der Waals surface area (Å²) in [7, 11) is -8.16. The van der Waals surface area contributed by atoms with E-state index in [1.165, 1.54) is 0 Å². The summed E-state index contributed by atoms with van der Waals surface area (Å²) in [6.45, 7) is 9.83. The Bertz CT molecular complexity index is 2650. The Morgan fingerprint density at radius 2 is 0.969 bits per heavy atom. The number of hydrogen-bond donors (Lipinski definition) is 2. The van der Waals surface area contributed by atoms with Crippen LogP contribution in [-0.2, 0) is 31.1 Å². The fraction of sp³-hybridized carbons (Fsp3) is 0.327. The number of anilines is 2. The van der Waals surface area contributed by atoms with Crippen LogP contribution in [0.2, 0.25) is 10.0 Å². The molecule has 0 bridgehead atoms. The average molecular weight is 1070 g/mol. The van der Waals surface area contributed by atoms with Crippen LogP contribution in [0, 0.1) is 0 Å². The third kappa shape index (κ3) is 10.8. The van der Waals surface area contributed by atoms with Crippen molar-refractivity contribution in [2.24, 2.45) is 0 Å². The van der Waals surface area contributed by atoms with Gasteiger partial charge in [0.15, 0.2) is 0 Å². The zero-order valence-electron chi connectivity index (χ0n) is 36.2. The van der Waals surface area contributed by atoms with E-state index in [9.17, 15) is 25.9 Å². The number of hydrogen-bond acceptors (Lipinski definition) is 6. The highest BCUT2D eigenvalue weighted by Gasteiger charge is 2.42. The Balaban J connectivity index is 1.39. The van der Waals surface area contributed by atoms with E-state index >= 15 is 0 Å². The highest BCUT2D eigenvalue weighted by Crippen LogP contribution is 2.50. The highest BCUT2D eigenvalue weighted by atomic mass is 79.9. The largest absolute Gasteiger partial charge is 0.344 e. The molecule has 15 heteroatoms. The molecule has 0 saturated heterocycles. The van der Waals surface area contributed by atoms with Gasteiger partial charge >= 0.3 is 0 Å². The van der Waals surface area contributed by atoms with Crippen LogP contribution in [0.15, 0.2) is 141 Å². The summed E-state index contributed by atoms with van der Waals surface area (Å²) in [4.78, 5) is 4.50. The van der Waals surface area contributed by atoms with E-state index in [1.807, 2.05) is 60.7 Å². The van der Waals surface area contributed by atoms with Crippen LogP contribution in [0.3, 0.4) is 0 Å². The molecular formula is C49H52Br2Cl2N3O6S2+. The Morgan fingerprint density at radius 1 is 0.594 bits per heavy atom. The van der Waals surface area contributed by atoms with E-state index in [-0.39, 0.29) is 11.5 Å². The molecule has 3 aliphatic rings. The number of allylic oxidation sites excluding steroid dienone is 8. The zero-order valence-corrected chi connectivity index (χ0v) is 42.5. The monoisotopic (exact) mass is 1070 g/mol. The molecule has 64 heavy (non-hydrogen) atoms. The fourth-order valence-corrected chi connectivity index (χ4v) is 11.2. The minimum atomic E-state index is -4.08. The maximum absolute atomic E-state index is 11.6. The van der Waals surface area contributed by atoms with Gasteiger partial charge in [0, 0.05) is 101 Å². The number of halogens is 4. The van der Waals surface area contributed by atoms with E-state index in [4.69, 9.17) is 23.2 Å². The van der Waals surface area contributed by atoms with E-state index in [0.717, 1.165) is 83.9 Å². The SMILES string of the molecule is CC1(C)C(=CC=C2CC/C(=C\C=C3\N(CCCCS(=O)(=O)O)c4ccc(Cl)cc4C3(C)C)C2=[N+](c2ccc(Br)cc2)c2ccc(Br)cc2)N(CCCCS(=O)(=O)O)c2ccc(Cl)cc21. The van der Waals surface area contributed by atoms with Crippen LogP contribution < -0.4 is 14.4 Å². The van der Waals surface area contributed by atoms with Crippen molar-refractivity contribution in [3.05, 3.63) is 162 Å². The van der Waals surface area contributed by atoms with Crippen LogP contribution in [0.5, 0.6) is 0 Å². The second-order valence-electron chi connectivity index (χ2n) is 17.5. The molecule has 0 atom stereocenters. The Hall–Kier alpha value is -3.53. The van der Waals surface area contributed by atoms with E-state index in [2.05, 4.69) is 122 Å². The summed E-state index contributed by atoms with van der Waals surface area (Å²) in [6.07, 6.45) is 12.1. The smallest absolute Gasteiger partial charge is 0.264 e. The third-order valence-electron chi connectivity index (χ3n) is 12.3. The van der Waals surface area contributed by atoms with Gasteiger partial charge in [-0.05, 0) is 122 Å². The number of benzene rings is 4. The Kier molecular flexibility index (Phi) is 14.6. The van der Waals surface area contributed by atoms with Gasteiger partial charge in [0.05, 0.1) is 11.5 Å². The average Bonchev–Trinajstić information content (AvgIpc) is 3.77. The first-order chi connectivity index (χ1) is 30.1. The van der Waals surface area contributed by atoms with Gasteiger partial charge in [0.25, 0.3) is 20.2 Å². The summed E-state index contributed by atoms with van der Waals surface area (Å²) < 4.78 is 69.5. The van der Waals surface area contributed by atoms with Crippen molar-refractivity contribution in [2.45, 2.75) is 77.0 Å². The van der Waals surface area contributed by atoms with Crippen molar-refractivity contribution in [3.63, 3.8) is 0 Å². The summed E-state index contributed by atoms with van der Waals surface area (Å²) in [5.41, 5.74) is 10.7. The second kappa shape index (κ2) is 19.4. The molecule has 9 nitrogen and oxygen atoms in total. The van der Waals surface area contributed by atoms with Crippen LogP contribution in [-0.4, -0.2) is 56.2 Å². The maximum atomic E-state index is 11.6. The molecule has 1 aliphatic carbocycles. The predicted octanol–water partition coefficient (Wildman–Crippen LogP) is 13.1. The molecule has 1 fully saturated rings. The molecule has 4 aromatic rings. The minimum Gasteiger partial charge on any atom is -0.344 e. The van der Waals surface area contributed by atoms with Crippen molar-refractivity contribution < 1.29 is 25.9 Å². The lowest BCUT2D eigenvalue weighted by Gasteiger charge is -2.27. The van der Waals surface area contributed by atoms with E-state index in [1.54, 1.807) is 0 Å². The van der Waals surface area contributed by atoms with E-state index in [0.29, 0.717) is 48.8 Å². The van der Waals surface area contributed by atoms with Crippen molar-refractivity contribution in [3.8, 4) is 0 Å². The fourth-order valence-electron chi connectivity index (χ4n) is 9.16. The normalized spacial score (nSPS) is 19.4. The van der Waals surface area contributed by atoms with Crippen molar-refractivity contribution in [2.75, 3.05) is 34.4 Å². The lowest BCUT2D eigenvalue weighted by Crippen LogP contribution is -2.27. The first kappa shape index (κ1) is 48.4. The zero-order chi connectivity index (χ0) is 46.2. The molecule has 0 aromatic heterocycles. The first-order valence-electron chi connectivity index (χ1n) is 21.2. The van der Waals surface area contributed by atoms with Crippen LogP contribution >= 0.6 is 55.1 Å². The Morgan fingerprint density at radius 3 is 1.33 bits per heavy atom. The molecular weight excluding hydrogens is 1020 g/mol. The van der Waals surface area contributed by atoms with Gasteiger partial charge in [-0.2, -0.15) is 21.4 Å². The van der Waals surface area contributed by atoms with Crippen molar-refractivity contribution in [1.82, 2.24) is 4.58 Å². The van der Waals surface area contributed by atoms with Gasteiger partial charge in [-0.15, -0.1) is 0 Å². The highest BCUT2D eigenvalue weighted by molar-refractivity contribution is 9.10. The molecule has 338 valence electrons. The van der Waals surface area contributed by atoms with Gasteiger partial charge in [-0.3, -0.25) is 9.11 Å². The number of unbranched alkanes of at least 4 members (excludes halogenated alkanes) is 2. The van der Waals surface area contributed by atoms with Gasteiger partial charge in [-0.1, -0.05) is 94.9 Å². The van der Waals surface area contributed by atoms with Crippen molar-refractivity contribution in [1.29, 1.82) is 0 Å². The van der Waals surface area contributed by atoms with E-state index < -0.39 is 31.1 Å². The summed E-state index contributed by atoms with van der Waals surface area (Å²) in [6, 6.07) is 28.4. The number of rotatable bonds is 14. The second-order valence-corrected chi connectivity index (χ2v) is 23.3. The Labute approximate surface area is 404 Å². The predicted molar refractivity (Wildman–Crippen MR) is 271 cm³/mol. The molecule has 1 saturated carbocycles.